The minimum atomic E-state index is -0.683. The number of aliphatic hydroxyl groups is 1. The third kappa shape index (κ3) is 4.51. The average Bonchev–Trinajstić information content (AvgIpc) is 3.09. The number of Topliss-reactive ketones (excluding diaryl/α,β-unsaturated/α-hetero) is 1. The Hall–Kier alpha value is -3.93. The summed E-state index contributed by atoms with van der Waals surface area (Å²) in [6.45, 7) is 4.66. The van der Waals surface area contributed by atoms with Crippen LogP contribution in [0, 0.1) is 6.92 Å². The fourth-order valence-electron chi connectivity index (χ4n) is 4.09. The Morgan fingerprint density at radius 2 is 1.88 bits per heavy atom. The number of hydrogen-bond acceptors (Lipinski definition) is 5. The number of aliphatic hydroxyl groups excluding tert-OH is 1. The zero-order valence-electron chi connectivity index (χ0n) is 18.7. The topological polar surface area (TPSA) is 79.7 Å². The van der Waals surface area contributed by atoms with Gasteiger partial charge < -0.3 is 14.7 Å². The molecule has 2 heterocycles. The first kappa shape index (κ1) is 22.3. The van der Waals surface area contributed by atoms with Crippen molar-refractivity contribution in [1.82, 2.24) is 9.88 Å². The van der Waals surface area contributed by atoms with E-state index in [9.17, 15) is 14.7 Å². The SMILES string of the molecule is CCCN1C(=O)C(=O)/C(=C(\O)c2ccc(OCc3ccccc3)c(C)c2)C1c1cccnc1. The highest BCUT2D eigenvalue weighted by Crippen LogP contribution is 2.39. The van der Waals surface area contributed by atoms with Crippen LogP contribution >= 0.6 is 0 Å². The summed E-state index contributed by atoms with van der Waals surface area (Å²) in [6.07, 6.45) is 3.95. The number of ketones is 1. The lowest BCUT2D eigenvalue weighted by Gasteiger charge is -2.24. The molecular formula is C27H26N2O4. The van der Waals surface area contributed by atoms with Crippen LogP contribution in [0.2, 0.25) is 0 Å². The molecule has 1 fully saturated rings. The Labute approximate surface area is 193 Å². The van der Waals surface area contributed by atoms with Gasteiger partial charge in [0.2, 0.25) is 0 Å². The quantitative estimate of drug-likeness (QED) is 0.323. The van der Waals surface area contributed by atoms with Crippen molar-refractivity contribution in [2.45, 2.75) is 32.9 Å². The lowest BCUT2D eigenvalue weighted by molar-refractivity contribution is -0.139. The maximum absolute atomic E-state index is 12.9. The molecule has 6 nitrogen and oxygen atoms in total. The molecule has 2 aromatic carbocycles. The van der Waals surface area contributed by atoms with Crippen molar-refractivity contribution in [3.05, 3.63) is 101 Å². The number of aryl methyl sites for hydroxylation is 1. The van der Waals surface area contributed by atoms with Gasteiger partial charge >= 0.3 is 0 Å². The van der Waals surface area contributed by atoms with Gasteiger partial charge in [0.05, 0.1) is 11.6 Å². The van der Waals surface area contributed by atoms with E-state index >= 15 is 0 Å². The van der Waals surface area contributed by atoms with Crippen LogP contribution in [0.15, 0.2) is 78.6 Å². The van der Waals surface area contributed by atoms with Crippen LogP contribution in [-0.4, -0.2) is 33.2 Å². The molecule has 4 rings (SSSR count). The summed E-state index contributed by atoms with van der Waals surface area (Å²) < 4.78 is 5.93. The van der Waals surface area contributed by atoms with Gasteiger partial charge in [-0.1, -0.05) is 43.3 Å². The number of benzene rings is 2. The molecule has 1 aliphatic heterocycles. The average molecular weight is 443 g/mol. The third-order valence-electron chi connectivity index (χ3n) is 5.69. The van der Waals surface area contributed by atoms with Crippen molar-refractivity contribution in [1.29, 1.82) is 0 Å². The summed E-state index contributed by atoms with van der Waals surface area (Å²) >= 11 is 0. The summed E-state index contributed by atoms with van der Waals surface area (Å²) in [5, 5.41) is 11.2. The Morgan fingerprint density at radius 1 is 1.09 bits per heavy atom. The van der Waals surface area contributed by atoms with Crippen LogP contribution in [0.5, 0.6) is 5.75 Å². The minimum Gasteiger partial charge on any atom is -0.507 e. The van der Waals surface area contributed by atoms with E-state index in [-0.39, 0.29) is 11.3 Å². The first-order valence-corrected chi connectivity index (χ1v) is 11.0. The van der Waals surface area contributed by atoms with Crippen molar-refractivity contribution < 1.29 is 19.4 Å². The zero-order valence-corrected chi connectivity index (χ0v) is 18.7. The molecule has 1 N–H and O–H groups in total. The number of rotatable bonds is 7. The number of carbonyl (C=O) groups excluding carboxylic acids is 2. The Balaban J connectivity index is 1.68. The number of carbonyl (C=O) groups is 2. The summed E-state index contributed by atoms with van der Waals surface area (Å²) in [4.78, 5) is 31.4. The highest BCUT2D eigenvalue weighted by atomic mass is 16.5. The maximum Gasteiger partial charge on any atom is 0.295 e. The number of hydrogen-bond donors (Lipinski definition) is 1. The molecule has 1 atom stereocenters. The lowest BCUT2D eigenvalue weighted by atomic mass is 9.95. The zero-order chi connectivity index (χ0) is 23.4. The number of ether oxygens (including phenoxy) is 1. The van der Waals surface area contributed by atoms with E-state index in [1.54, 1.807) is 36.7 Å². The van der Waals surface area contributed by atoms with Crippen LogP contribution in [0.25, 0.3) is 5.76 Å². The standard InChI is InChI=1S/C27H26N2O4/c1-3-14-29-24(21-10-7-13-28-16-21)23(26(31)27(29)32)25(30)20-11-12-22(18(2)15-20)33-17-19-8-5-4-6-9-19/h4-13,15-16,24,30H,3,14,17H2,1-2H3/b25-23-. The number of likely N-dealkylation sites (tertiary alicyclic amines) is 1. The van der Waals surface area contributed by atoms with Crippen molar-refractivity contribution in [3.63, 3.8) is 0 Å². The summed E-state index contributed by atoms with van der Waals surface area (Å²) in [5.74, 6) is -0.798. The van der Waals surface area contributed by atoms with Crippen molar-refractivity contribution in [2.24, 2.45) is 0 Å². The van der Waals surface area contributed by atoms with Crippen LogP contribution < -0.4 is 4.74 Å². The molecule has 6 heteroatoms. The molecule has 1 saturated heterocycles. The molecule has 1 unspecified atom stereocenters. The molecule has 168 valence electrons. The molecule has 0 saturated carbocycles. The molecule has 0 spiro atoms. The predicted molar refractivity (Wildman–Crippen MR) is 125 cm³/mol. The van der Waals surface area contributed by atoms with Crippen molar-refractivity contribution >= 4 is 17.4 Å². The van der Waals surface area contributed by atoms with Crippen molar-refractivity contribution in [3.8, 4) is 5.75 Å². The van der Waals surface area contributed by atoms with Crippen LogP contribution in [0.4, 0.5) is 0 Å². The number of nitrogens with zero attached hydrogens (tertiary/aromatic N) is 2. The van der Waals surface area contributed by atoms with Gasteiger partial charge in [-0.25, -0.2) is 0 Å². The van der Waals surface area contributed by atoms with Gasteiger partial charge in [0.15, 0.2) is 0 Å². The molecule has 0 bridgehead atoms. The summed E-state index contributed by atoms with van der Waals surface area (Å²) in [5.41, 5.74) is 3.10. The largest absolute Gasteiger partial charge is 0.507 e. The molecule has 1 aromatic heterocycles. The predicted octanol–water partition coefficient (Wildman–Crippen LogP) is 4.80. The number of aromatic nitrogens is 1. The number of amides is 1. The molecule has 0 radical (unpaired) electrons. The van der Waals surface area contributed by atoms with E-state index in [1.807, 2.05) is 50.2 Å². The van der Waals surface area contributed by atoms with E-state index in [0.717, 1.165) is 11.1 Å². The monoisotopic (exact) mass is 442 g/mol. The summed E-state index contributed by atoms with van der Waals surface area (Å²) in [7, 11) is 0. The Morgan fingerprint density at radius 3 is 2.55 bits per heavy atom. The van der Waals surface area contributed by atoms with Crippen molar-refractivity contribution in [2.75, 3.05) is 6.54 Å². The van der Waals surface area contributed by atoms with E-state index in [2.05, 4.69) is 4.98 Å². The third-order valence-corrected chi connectivity index (χ3v) is 5.69. The highest BCUT2D eigenvalue weighted by molar-refractivity contribution is 6.46. The van der Waals surface area contributed by atoms with Crippen LogP contribution in [-0.2, 0) is 16.2 Å². The van der Waals surface area contributed by atoms with Crippen LogP contribution in [0.1, 0.15) is 41.6 Å². The number of pyridine rings is 1. The van der Waals surface area contributed by atoms with Crippen LogP contribution in [0.3, 0.4) is 0 Å². The fourth-order valence-corrected chi connectivity index (χ4v) is 4.09. The van der Waals surface area contributed by atoms with Gasteiger partial charge in [0.1, 0.15) is 18.1 Å². The second-order valence-corrected chi connectivity index (χ2v) is 8.03. The van der Waals surface area contributed by atoms with Gasteiger partial charge in [-0.05, 0) is 54.3 Å². The highest BCUT2D eigenvalue weighted by Gasteiger charge is 2.45. The first-order chi connectivity index (χ1) is 16.0. The van der Waals surface area contributed by atoms with Gasteiger partial charge in [0.25, 0.3) is 11.7 Å². The molecule has 3 aromatic rings. The van der Waals surface area contributed by atoms with E-state index in [0.29, 0.717) is 36.4 Å². The summed E-state index contributed by atoms with van der Waals surface area (Å²) in [6, 6.07) is 18.0. The van der Waals surface area contributed by atoms with Gasteiger partial charge in [-0.3, -0.25) is 14.6 Å². The normalized spacial score (nSPS) is 17.4. The fraction of sp³-hybridized carbons (Fsp3) is 0.222. The van der Waals surface area contributed by atoms with Gasteiger partial charge in [-0.15, -0.1) is 0 Å². The second kappa shape index (κ2) is 9.69. The van der Waals surface area contributed by atoms with E-state index < -0.39 is 17.7 Å². The molecule has 0 aliphatic carbocycles. The smallest absolute Gasteiger partial charge is 0.295 e. The van der Waals surface area contributed by atoms with E-state index in [1.165, 1.54) is 4.90 Å². The van der Waals surface area contributed by atoms with Gasteiger partial charge in [0, 0.05) is 24.5 Å². The molecule has 33 heavy (non-hydrogen) atoms. The lowest BCUT2D eigenvalue weighted by Crippen LogP contribution is -2.30. The molecular weight excluding hydrogens is 416 g/mol. The first-order valence-electron chi connectivity index (χ1n) is 11.0. The maximum atomic E-state index is 12.9. The van der Waals surface area contributed by atoms with E-state index in [4.69, 9.17) is 4.74 Å². The molecule has 1 aliphatic rings. The van der Waals surface area contributed by atoms with Gasteiger partial charge in [-0.2, -0.15) is 0 Å². The Bertz CT molecular complexity index is 1190. The second-order valence-electron chi connectivity index (χ2n) is 8.03. The molecule has 1 amide bonds. The minimum absolute atomic E-state index is 0.0822. The Kier molecular flexibility index (Phi) is 6.54.